The molecule has 0 saturated carbocycles. The van der Waals surface area contributed by atoms with Gasteiger partial charge in [-0.05, 0) is 6.92 Å². The molecule has 0 aromatic rings. The number of alkyl halides is 1. The van der Waals surface area contributed by atoms with Gasteiger partial charge in [-0.15, -0.1) is 0 Å². The van der Waals surface area contributed by atoms with E-state index in [2.05, 4.69) is 0 Å². The zero-order valence-electron chi connectivity index (χ0n) is 7.67. The van der Waals surface area contributed by atoms with E-state index in [9.17, 15) is 9.50 Å². The predicted molar refractivity (Wildman–Crippen MR) is 42.1 cm³/mol. The zero-order valence-corrected chi connectivity index (χ0v) is 7.67. The van der Waals surface area contributed by atoms with Crippen molar-refractivity contribution in [3.05, 3.63) is 0 Å². The number of ether oxygens (including phenoxy) is 3. The number of hydrogen-bond acceptors (Lipinski definition) is 5. The van der Waals surface area contributed by atoms with Crippen molar-refractivity contribution in [2.45, 2.75) is 44.0 Å². The Kier molecular flexibility index (Phi) is 2.72. The first-order chi connectivity index (χ1) is 6.59. The fourth-order valence-corrected chi connectivity index (χ4v) is 1.68. The Morgan fingerprint density at radius 1 is 1.29 bits per heavy atom. The average Bonchev–Trinajstić information content (AvgIpc) is 2.16. The Morgan fingerprint density at radius 2 is 2.00 bits per heavy atom. The van der Waals surface area contributed by atoms with E-state index in [-0.39, 0.29) is 6.61 Å². The number of hydrogen-bond donors (Lipinski definition) is 2. The summed E-state index contributed by atoms with van der Waals surface area (Å²) in [5.74, 6) is 0. The van der Waals surface area contributed by atoms with Crippen molar-refractivity contribution in [1.82, 2.24) is 0 Å². The lowest BCUT2D eigenvalue weighted by atomic mass is 10.00. The highest BCUT2D eigenvalue weighted by Gasteiger charge is 2.48. The molecule has 0 aromatic heterocycles. The highest BCUT2D eigenvalue weighted by molar-refractivity contribution is 4.91. The van der Waals surface area contributed by atoms with Gasteiger partial charge in [0.25, 0.3) is 0 Å². The first kappa shape index (κ1) is 10.3. The van der Waals surface area contributed by atoms with E-state index in [1.807, 2.05) is 0 Å². The minimum atomic E-state index is -1.64. The molecule has 2 saturated heterocycles. The third-order valence-electron chi connectivity index (χ3n) is 2.46. The predicted octanol–water partition coefficient (Wildman–Crippen LogP) is -0.836. The third kappa shape index (κ3) is 1.64. The van der Waals surface area contributed by atoms with Gasteiger partial charge in [0.05, 0.1) is 6.61 Å². The van der Waals surface area contributed by atoms with Crippen LogP contribution in [0.2, 0.25) is 0 Å². The molecule has 0 aliphatic carbocycles. The van der Waals surface area contributed by atoms with Gasteiger partial charge in [-0.3, -0.25) is 0 Å². The monoisotopic (exact) mass is 208 g/mol. The molecular weight excluding hydrogens is 195 g/mol. The van der Waals surface area contributed by atoms with Crippen LogP contribution in [0, 0.1) is 0 Å². The van der Waals surface area contributed by atoms with Gasteiger partial charge in [0, 0.05) is 0 Å². The minimum Gasteiger partial charge on any atom is -0.385 e. The average molecular weight is 208 g/mol. The molecular formula is C8H13FO5. The summed E-state index contributed by atoms with van der Waals surface area (Å²) in [6.45, 7) is 1.80. The van der Waals surface area contributed by atoms with Crippen LogP contribution in [-0.4, -0.2) is 53.9 Å². The zero-order chi connectivity index (χ0) is 10.3. The summed E-state index contributed by atoms with van der Waals surface area (Å²) in [5.41, 5.74) is 0. The van der Waals surface area contributed by atoms with Gasteiger partial charge < -0.3 is 24.4 Å². The van der Waals surface area contributed by atoms with Crippen molar-refractivity contribution in [2.24, 2.45) is 0 Å². The van der Waals surface area contributed by atoms with Gasteiger partial charge in [0.2, 0.25) is 0 Å². The van der Waals surface area contributed by atoms with Crippen LogP contribution in [0.1, 0.15) is 6.92 Å². The quantitative estimate of drug-likeness (QED) is 0.543. The molecule has 5 nitrogen and oxygen atoms in total. The summed E-state index contributed by atoms with van der Waals surface area (Å²) < 4.78 is 28.6. The molecule has 2 N–H and O–H groups in total. The van der Waals surface area contributed by atoms with Crippen LogP contribution < -0.4 is 0 Å². The van der Waals surface area contributed by atoms with Gasteiger partial charge in [-0.2, -0.15) is 0 Å². The van der Waals surface area contributed by atoms with Gasteiger partial charge >= 0.3 is 0 Å². The molecule has 6 heteroatoms. The molecule has 1 unspecified atom stereocenters. The van der Waals surface area contributed by atoms with Crippen molar-refractivity contribution >= 4 is 0 Å². The molecule has 0 aromatic carbocycles. The second-order valence-electron chi connectivity index (χ2n) is 3.50. The lowest BCUT2D eigenvalue weighted by Crippen LogP contribution is -2.60. The first-order valence-electron chi connectivity index (χ1n) is 4.52. The highest BCUT2D eigenvalue weighted by atomic mass is 19.1. The van der Waals surface area contributed by atoms with Crippen LogP contribution in [0.5, 0.6) is 0 Å². The number of aliphatic hydroxyl groups excluding tert-OH is 2. The van der Waals surface area contributed by atoms with E-state index >= 15 is 0 Å². The molecule has 0 amide bonds. The molecule has 2 rings (SSSR count). The van der Waals surface area contributed by atoms with Crippen molar-refractivity contribution in [2.75, 3.05) is 6.61 Å². The molecule has 0 bridgehead atoms. The number of fused-ring (bicyclic) bond motifs is 1. The largest absolute Gasteiger partial charge is 0.385 e. The summed E-state index contributed by atoms with van der Waals surface area (Å²) >= 11 is 0. The van der Waals surface area contributed by atoms with E-state index in [1.54, 1.807) is 6.92 Å². The number of rotatable bonds is 0. The maximum Gasteiger partial charge on any atom is 0.184 e. The Bertz CT molecular complexity index is 212. The number of halogens is 1. The van der Waals surface area contributed by atoms with E-state index < -0.39 is 37.1 Å². The van der Waals surface area contributed by atoms with E-state index in [0.717, 1.165) is 0 Å². The van der Waals surface area contributed by atoms with E-state index in [1.165, 1.54) is 0 Å². The van der Waals surface area contributed by atoms with Crippen molar-refractivity contribution < 1.29 is 28.8 Å². The molecule has 82 valence electrons. The molecule has 2 aliphatic heterocycles. The normalized spacial score (nSPS) is 54.0. The number of aliphatic hydroxyl groups is 2. The first-order valence-corrected chi connectivity index (χ1v) is 4.52. The van der Waals surface area contributed by atoms with Crippen LogP contribution in [-0.2, 0) is 14.2 Å². The van der Waals surface area contributed by atoms with Crippen LogP contribution >= 0.6 is 0 Å². The van der Waals surface area contributed by atoms with Crippen LogP contribution in [0.15, 0.2) is 0 Å². The maximum absolute atomic E-state index is 13.5. The standard InChI is InChI=1S/C8H13FO5/c1-3-12-2-4-7(13-3)5(9)6(10)8(11)14-4/h3-8,10-11H,2H2,1H3/t3?,4-,5-,6-,7-,8+/m1/s1. The molecule has 0 spiro atoms. The Morgan fingerprint density at radius 3 is 2.71 bits per heavy atom. The Labute approximate surface area is 80.4 Å². The van der Waals surface area contributed by atoms with Gasteiger partial charge in [0.1, 0.15) is 18.3 Å². The SMILES string of the molecule is CC1OC[C@H]2O[C@H](O)[C@H](O)[C@@H](F)[C@@H]2O1. The second-order valence-corrected chi connectivity index (χ2v) is 3.50. The molecule has 2 fully saturated rings. The molecule has 2 heterocycles. The molecule has 14 heavy (non-hydrogen) atoms. The smallest absolute Gasteiger partial charge is 0.184 e. The van der Waals surface area contributed by atoms with E-state index in [4.69, 9.17) is 19.3 Å². The van der Waals surface area contributed by atoms with Crippen LogP contribution in [0.25, 0.3) is 0 Å². The summed E-state index contributed by atoms with van der Waals surface area (Å²) in [4.78, 5) is 0. The van der Waals surface area contributed by atoms with Crippen molar-refractivity contribution in [1.29, 1.82) is 0 Å². The molecule has 6 atom stereocenters. The summed E-state index contributed by atoms with van der Waals surface area (Å²) in [5, 5.41) is 18.3. The van der Waals surface area contributed by atoms with Crippen molar-refractivity contribution in [3.8, 4) is 0 Å². The minimum absolute atomic E-state index is 0.163. The summed E-state index contributed by atoms with van der Waals surface area (Å²) in [6, 6.07) is 0. The van der Waals surface area contributed by atoms with Gasteiger partial charge in [-0.1, -0.05) is 0 Å². The van der Waals surface area contributed by atoms with Crippen LogP contribution in [0.3, 0.4) is 0 Å². The summed E-state index contributed by atoms with van der Waals surface area (Å²) in [7, 11) is 0. The fraction of sp³-hybridized carbons (Fsp3) is 1.00. The van der Waals surface area contributed by atoms with E-state index in [0.29, 0.717) is 0 Å². The second kappa shape index (κ2) is 3.71. The third-order valence-corrected chi connectivity index (χ3v) is 2.46. The topological polar surface area (TPSA) is 68.2 Å². The lowest BCUT2D eigenvalue weighted by Gasteiger charge is -2.43. The Balaban J connectivity index is 2.08. The lowest BCUT2D eigenvalue weighted by molar-refractivity contribution is -0.340. The molecule has 2 aliphatic rings. The molecule has 0 radical (unpaired) electrons. The van der Waals surface area contributed by atoms with Gasteiger partial charge in [-0.25, -0.2) is 4.39 Å². The maximum atomic E-state index is 13.5. The highest BCUT2D eigenvalue weighted by Crippen LogP contribution is 2.28. The summed E-state index contributed by atoms with van der Waals surface area (Å²) in [6.07, 6.45) is -6.74. The Hall–Kier alpha value is -0.270. The van der Waals surface area contributed by atoms with Gasteiger partial charge in [0.15, 0.2) is 18.8 Å². The van der Waals surface area contributed by atoms with Crippen molar-refractivity contribution in [3.63, 3.8) is 0 Å². The fourth-order valence-electron chi connectivity index (χ4n) is 1.68. The van der Waals surface area contributed by atoms with Crippen LogP contribution in [0.4, 0.5) is 4.39 Å².